The molecule has 2 aromatic rings. The second kappa shape index (κ2) is 12.4. The summed E-state index contributed by atoms with van der Waals surface area (Å²) in [6.45, 7) is 1.10. The fourth-order valence-corrected chi connectivity index (χ4v) is 5.45. The highest BCUT2D eigenvalue weighted by Gasteiger charge is 2.37. The van der Waals surface area contributed by atoms with Crippen molar-refractivity contribution in [2.24, 2.45) is 0 Å². The van der Waals surface area contributed by atoms with Crippen LogP contribution in [-0.2, 0) is 16.2 Å². The van der Waals surface area contributed by atoms with Crippen LogP contribution in [0.4, 0.5) is 10.5 Å². The third kappa shape index (κ3) is 6.54. The SMILES string of the molecule is COc1cc(C=C2SC(=O)N(CC(=O)N3CCCCCC3)C2=O)c(Br)cc1OCc1cccc([N+](=O)[O-])c1. The summed E-state index contributed by atoms with van der Waals surface area (Å²) in [4.78, 5) is 51.8. The van der Waals surface area contributed by atoms with E-state index in [9.17, 15) is 24.5 Å². The van der Waals surface area contributed by atoms with Crippen LogP contribution in [0.3, 0.4) is 0 Å². The third-order valence-corrected chi connectivity index (χ3v) is 7.81. The molecule has 3 amide bonds. The number of amides is 3. The number of carbonyl (C=O) groups is 3. The van der Waals surface area contributed by atoms with E-state index in [1.807, 2.05) is 0 Å². The van der Waals surface area contributed by atoms with Crippen LogP contribution < -0.4 is 9.47 Å². The molecule has 0 saturated carbocycles. The first-order valence-corrected chi connectivity index (χ1v) is 13.6. The van der Waals surface area contributed by atoms with Crippen molar-refractivity contribution in [1.82, 2.24) is 9.80 Å². The lowest BCUT2D eigenvalue weighted by atomic mass is 10.1. The Bertz CT molecular complexity index is 1290. The zero-order valence-corrected chi connectivity index (χ0v) is 23.1. The number of methoxy groups -OCH3 is 1. The normalized spacial score (nSPS) is 17.1. The molecule has 4 rings (SSSR count). The van der Waals surface area contributed by atoms with Crippen molar-refractivity contribution >= 4 is 56.5 Å². The van der Waals surface area contributed by atoms with Crippen LogP contribution in [0.15, 0.2) is 45.8 Å². The van der Waals surface area contributed by atoms with Gasteiger partial charge in [-0.15, -0.1) is 0 Å². The second-order valence-electron chi connectivity index (χ2n) is 8.80. The molecule has 0 bridgehead atoms. The number of nitro benzene ring substituents is 1. The van der Waals surface area contributed by atoms with Gasteiger partial charge < -0.3 is 14.4 Å². The van der Waals surface area contributed by atoms with E-state index in [0.717, 1.165) is 42.3 Å². The Morgan fingerprint density at radius 2 is 1.87 bits per heavy atom. The Labute approximate surface area is 232 Å². The zero-order valence-electron chi connectivity index (χ0n) is 20.7. The van der Waals surface area contributed by atoms with Gasteiger partial charge in [-0.1, -0.05) is 40.9 Å². The number of benzene rings is 2. The number of hydrogen-bond acceptors (Lipinski definition) is 8. The molecule has 2 aromatic carbocycles. The number of nitrogens with zero attached hydrogens (tertiary/aromatic N) is 3. The largest absolute Gasteiger partial charge is 0.493 e. The summed E-state index contributed by atoms with van der Waals surface area (Å²) in [5.74, 6) is 0.0308. The van der Waals surface area contributed by atoms with Crippen molar-refractivity contribution in [2.75, 3.05) is 26.7 Å². The van der Waals surface area contributed by atoms with Crippen LogP contribution in [0.25, 0.3) is 6.08 Å². The fourth-order valence-electron chi connectivity index (χ4n) is 4.19. The first-order chi connectivity index (χ1) is 18.3. The molecule has 2 heterocycles. The molecule has 2 fully saturated rings. The van der Waals surface area contributed by atoms with E-state index in [2.05, 4.69) is 15.9 Å². The Kier molecular flexibility index (Phi) is 9.05. The van der Waals surface area contributed by atoms with E-state index >= 15 is 0 Å². The molecular weight excluding hydrogens is 578 g/mol. The third-order valence-electron chi connectivity index (χ3n) is 6.21. The molecule has 38 heavy (non-hydrogen) atoms. The van der Waals surface area contributed by atoms with Gasteiger partial charge in [-0.2, -0.15) is 0 Å². The predicted octanol–water partition coefficient (Wildman–Crippen LogP) is 5.38. The molecule has 0 aliphatic carbocycles. The van der Waals surface area contributed by atoms with Crippen molar-refractivity contribution in [1.29, 1.82) is 0 Å². The molecule has 0 N–H and O–H groups in total. The molecule has 0 unspecified atom stereocenters. The minimum Gasteiger partial charge on any atom is -0.493 e. The lowest BCUT2D eigenvalue weighted by Gasteiger charge is -2.22. The van der Waals surface area contributed by atoms with E-state index in [0.29, 0.717) is 40.2 Å². The molecule has 2 aliphatic heterocycles. The zero-order chi connectivity index (χ0) is 27.2. The van der Waals surface area contributed by atoms with E-state index in [-0.39, 0.29) is 29.7 Å². The van der Waals surface area contributed by atoms with Gasteiger partial charge in [0.05, 0.1) is 16.9 Å². The van der Waals surface area contributed by atoms with Gasteiger partial charge in [0.1, 0.15) is 13.2 Å². The molecule has 2 saturated heterocycles. The van der Waals surface area contributed by atoms with Gasteiger partial charge in [-0.25, -0.2) is 0 Å². The summed E-state index contributed by atoms with van der Waals surface area (Å²) in [7, 11) is 1.47. The summed E-state index contributed by atoms with van der Waals surface area (Å²) >= 11 is 4.26. The van der Waals surface area contributed by atoms with E-state index < -0.39 is 16.1 Å². The highest BCUT2D eigenvalue weighted by Crippen LogP contribution is 2.38. The molecule has 200 valence electrons. The van der Waals surface area contributed by atoms with Gasteiger partial charge in [0.25, 0.3) is 16.8 Å². The van der Waals surface area contributed by atoms with Crippen LogP contribution in [0, 0.1) is 10.1 Å². The minimum absolute atomic E-state index is 0.0309. The first kappa shape index (κ1) is 27.6. The minimum atomic E-state index is -0.514. The van der Waals surface area contributed by atoms with Gasteiger partial charge >= 0.3 is 0 Å². The molecule has 0 aromatic heterocycles. The Balaban J connectivity index is 1.47. The number of carbonyl (C=O) groups excluding carboxylic acids is 3. The van der Waals surface area contributed by atoms with E-state index in [1.54, 1.807) is 35.2 Å². The monoisotopic (exact) mass is 603 g/mol. The lowest BCUT2D eigenvalue weighted by Crippen LogP contribution is -2.42. The number of rotatable bonds is 8. The molecular formula is C26H26BrN3O7S. The van der Waals surface area contributed by atoms with Crippen molar-refractivity contribution in [3.63, 3.8) is 0 Å². The fraction of sp³-hybridized carbons (Fsp3) is 0.346. The van der Waals surface area contributed by atoms with E-state index in [1.165, 1.54) is 19.2 Å². The molecule has 0 radical (unpaired) electrons. The van der Waals surface area contributed by atoms with Crippen molar-refractivity contribution in [2.45, 2.75) is 32.3 Å². The number of likely N-dealkylation sites (tertiary alicyclic amines) is 1. The number of imide groups is 1. The Morgan fingerprint density at radius 1 is 1.13 bits per heavy atom. The Hall–Kier alpha value is -3.38. The summed E-state index contributed by atoms with van der Waals surface area (Å²) in [5.41, 5.74) is 1.16. The predicted molar refractivity (Wildman–Crippen MR) is 146 cm³/mol. The molecule has 12 heteroatoms. The maximum absolute atomic E-state index is 13.0. The summed E-state index contributed by atoms with van der Waals surface area (Å²) < 4.78 is 11.9. The van der Waals surface area contributed by atoms with Crippen LogP contribution in [0.5, 0.6) is 11.5 Å². The standard InChI is InChI=1S/C26H26BrN3O7S/c1-36-21-12-18(20(27)14-22(21)37-16-17-7-6-8-19(11-17)30(34)35)13-23-25(32)29(26(33)38-23)15-24(31)28-9-4-2-3-5-10-28/h6-8,11-14H,2-5,9-10,15-16H2,1H3. The lowest BCUT2D eigenvalue weighted by molar-refractivity contribution is -0.384. The van der Waals surface area contributed by atoms with Crippen LogP contribution in [-0.4, -0.2) is 58.5 Å². The number of hydrogen-bond donors (Lipinski definition) is 0. The maximum Gasteiger partial charge on any atom is 0.294 e. The van der Waals surface area contributed by atoms with Crippen molar-refractivity contribution < 1.29 is 28.8 Å². The first-order valence-electron chi connectivity index (χ1n) is 12.0. The average molecular weight is 604 g/mol. The Morgan fingerprint density at radius 3 is 2.55 bits per heavy atom. The molecule has 0 atom stereocenters. The van der Waals surface area contributed by atoms with Crippen molar-refractivity contribution in [3.05, 3.63) is 67.0 Å². The smallest absolute Gasteiger partial charge is 0.294 e. The maximum atomic E-state index is 13.0. The topological polar surface area (TPSA) is 119 Å². The number of ether oxygens (including phenoxy) is 2. The summed E-state index contributed by atoms with van der Waals surface area (Å²) in [5, 5.41) is 10.5. The summed E-state index contributed by atoms with van der Waals surface area (Å²) in [6.07, 6.45) is 5.57. The average Bonchev–Trinajstić information content (AvgIpc) is 3.09. The van der Waals surface area contributed by atoms with Gasteiger partial charge in [0.15, 0.2) is 11.5 Å². The highest BCUT2D eigenvalue weighted by molar-refractivity contribution is 9.10. The molecule has 0 spiro atoms. The quantitative estimate of drug-likeness (QED) is 0.224. The van der Waals surface area contributed by atoms with Crippen LogP contribution >= 0.6 is 27.7 Å². The number of non-ortho nitro benzene ring substituents is 1. The number of nitro groups is 1. The number of halogens is 1. The van der Waals surface area contributed by atoms with Crippen molar-refractivity contribution in [3.8, 4) is 11.5 Å². The highest BCUT2D eigenvalue weighted by atomic mass is 79.9. The van der Waals surface area contributed by atoms with Gasteiger partial charge in [-0.05, 0) is 53.9 Å². The molecule has 2 aliphatic rings. The van der Waals surface area contributed by atoms with Crippen LogP contribution in [0.2, 0.25) is 0 Å². The van der Waals surface area contributed by atoms with Gasteiger partial charge in [-0.3, -0.25) is 29.4 Å². The van der Waals surface area contributed by atoms with Crippen LogP contribution in [0.1, 0.15) is 36.8 Å². The second-order valence-corrected chi connectivity index (χ2v) is 10.7. The van der Waals surface area contributed by atoms with Gasteiger partial charge in [0.2, 0.25) is 5.91 Å². The molecule has 10 nitrogen and oxygen atoms in total. The van der Waals surface area contributed by atoms with E-state index in [4.69, 9.17) is 9.47 Å². The number of thioether (sulfide) groups is 1. The summed E-state index contributed by atoms with van der Waals surface area (Å²) in [6, 6.07) is 9.46. The van der Waals surface area contributed by atoms with Gasteiger partial charge in [0, 0.05) is 29.7 Å².